The molecule has 0 spiro atoms. The fraction of sp³-hybridized carbons (Fsp3) is 1.00. The third-order valence-corrected chi connectivity index (χ3v) is 3.86. The molecule has 0 saturated heterocycles. The summed E-state index contributed by atoms with van der Waals surface area (Å²) in [5.41, 5.74) is 0. The first-order chi connectivity index (χ1) is 8.30. The van der Waals surface area contributed by atoms with Crippen LogP contribution in [0, 0.1) is 5.92 Å². The quantitative estimate of drug-likeness (QED) is 0.588. The van der Waals surface area contributed by atoms with E-state index in [1.807, 2.05) is 0 Å². The molecule has 0 amide bonds. The van der Waals surface area contributed by atoms with Crippen molar-refractivity contribution >= 4 is 0 Å². The van der Waals surface area contributed by atoms with Crippen molar-refractivity contribution in [2.45, 2.75) is 77.9 Å². The largest absolute Gasteiger partial charge is 0.378 e. The zero-order chi connectivity index (χ0) is 12.5. The number of rotatable bonds is 10. The summed E-state index contributed by atoms with van der Waals surface area (Å²) in [6.45, 7) is 8.58. The minimum absolute atomic E-state index is 0.572. The zero-order valence-corrected chi connectivity index (χ0v) is 12.0. The van der Waals surface area contributed by atoms with Crippen molar-refractivity contribution in [1.82, 2.24) is 5.32 Å². The summed E-state index contributed by atoms with van der Waals surface area (Å²) in [7, 11) is 0. The van der Waals surface area contributed by atoms with E-state index in [2.05, 4.69) is 26.1 Å². The summed E-state index contributed by atoms with van der Waals surface area (Å²) >= 11 is 0. The van der Waals surface area contributed by atoms with Gasteiger partial charge in [-0.15, -0.1) is 0 Å². The van der Waals surface area contributed by atoms with E-state index < -0.39 is 0 Å². The molecular formula is C15H31NO. The van der Waals surface area contributed by atoms with Gasteiger partial charge < -0.3 is 10.1 Å². The van der Waals surface area contributed by atoms with E-state index in [0.29, 0.717) is 6.10 Å². The maximum absolute atomic E-state index is 5.63. The third kappa shape index (κ3) is 5.87. The molecule has 1 aliphatic rings. The molecule has 1 saturated carbocycles. The molecule has 0 aromatic carbocycles. The number of hydrogen-bond donors (Lipinski definition) is 1. The Balaban J connectivity index is 2.12. The number of unbranched alkanes of at least 4 members (excludes halogenated alkanes) is 2. The lowest BCUT2D eigenvalue weighted by molar-refractivity contribution is -0.0292. The standard InChI is InChI=1S/C15H31NO/c1-4-7-8-9-14(16-5-2)10-13-11-15(12-13)17-6-3/h13-16H,4-12H2,1-3H3. The predicted molar refractivity (Wildman–Crippen MR) is 74.4 cm³/mol. The molecule has 1 unspecified atom stereocenters. The first-order valence-corrected chi connectivity index (χ1v) is 7.65. The molecule has 2 nitrogen and oxygen atoms in total. The van der Waals surface area contributed by atoms with Crippen molar-refractivity contribution < 1.29 is 4.74 Å². The SMILES string of the molecule is CCCCCC(CC1CC(OCC)C1)NCC. The maximum Gasteiger partial charge on any atom is 0.0580 e. The lowest BCUT2D eigenvalue weighted by atomic mass is 9.77. The van der Waals surface area contributed by atoms with E-state index in [4.69, 9.17) is 4.74 Å². The Morgan fingerprint density at radius 1 is 1.18 bits per heavy atom. The second-order valence-corrected chi connectivity index (χ2v) is 5.40. The normalized spacial score (nSPS) is 25.6. The summed E-state index contributed by atoms with van der Waals surface area (Å²) in [6.07, 6.45) is 9.98. The molecule has 0 radical (unpaired) electrons. The van der Waals surface area contributed by atoms with Crippen molar-refractivity contribution in [3.63, 3.8) is 0 Å². The van der Waals surface area contributed by atoms with Crippen LogP contribution >= 0.6 is 0 Å². The molecule has 0 heterocycles. The second kappa shape index (κ2) is 8.93. The molecule has 0 aliphatic heterocycles. The van der Waals surface area contributed by atoms with Crippen LogP contribution in [0.1, 0.15) is 65.7 Å². The minimum atomic E-state index is 0.572. The van der Waals surface area contributed by atoms with Crippen molar-refractivity contribution in [1.29, 1.82) is 0 Å². The molecule has 1 rings (SSSR count). The van der Waals surface area contributed by atoms with Gasteiger partial charge in [-0.05, 0) is 45.1 Å². The molecule has 1 N–H and O–H groups in total. The van der Waals surface area contributed by atoms with E-state index in [1.165, 1.54) is 44.9 Å². The van der Waals surface area contributed by atoms with Crippen LogP contribution in [0.5, 0.6) is 0 Å². The van der Waals surface area contributed by atoms with Crippen LogP contribution in [0.25, 0.3) is 0 Å². The Morgan fingerprint density at radius 3 is 2.53 bits per heavy atom. The highest BCUT2D eigenvalue weighted by Gasteiger charge is 2.30. The molecule has 1 fully saturated rings. The van der Waals surface area contributed by atoms with Gasteiger partial charge in [0.05, 0.1) is 6.10 Å². The summed E-state index contributed by atoms with van der Waals surface area (Å²) in [5, 5.41) is 3.65. The maximum atomic E-state index is 5.63. The molecule has 0 bridgehead atoms. The predicted octanol–water partition coefficient (Wildman–Crippen LogP) is 3.75. The van der Waals surface area contributed by atoms with Crippen LogP contribution in [-0.2, 0) is 4.74 Å². The van der Waals surface area contributed by atoms with Gasteiger partial charge in [0.25, 0.3) is 0 Å². The average molecular weight is 241 g/mol. The van der Waals surface area contributed by atoms with Gasteiger partial charge in [0.15, 0.2) is 0 Å². The Morgan fingerprint density at radius 2 is 1.94 bits per heavy atom. The summed E-state index contributed by atoms with van der Waals surface area (Å²) in [6, 6.07) is 0.749. The summed E-state index contributed by atoms with van der Waals surface area (Å²) < 4.78 is 5.63. The molecular weight excluding hydrogens is 210 g/mol. The number of ether oxygens (including phenoxy) is 1. The van der Waals surface area contributed by atoms with Gasteiger partial charge in [-0.25, -0.2) is 0 Å². The average Bonchev–Trinajstić information content (AvgIpc) is 2.26. The van der Waals surface area contributed by atoms with Crippen molar-refractivity contribution in [3.05, 3.63) is 0 Å². The van der Waals surface area contributed by atoms with E-state index >= 15 is 0 Å². The smallest absolute Gasteiger partial charge is 0.0580 e. The van der Waals surface area contributed by atoms with Crippen molar-refractivity contribution in [2.24, 2.45) is 5.92 Å². The summed E-state index contributed by atoms with van der Waals surface area (Å²) in [4.78, 5) is 0. The Labute approximate surface area is 108 Å². The van der Waals surface area contributed by atoms with Gasteiger partial charge in [-0.3, -0.25) is 0 Å². The zero-order valence-electron chi connectivity index (χ0n) is 12.0. The minimum Gasteiger partial charge on any atom is -0.378 e. The summed E-state index contributed by atoms with van der Waals surface area (Å²) in [5.74, 6) is 0.914. The third-order valence-electron chi connectivity index (χ3n) is 3.86. The number of hydrogen-bond acceptors (Lipinski definition) is 2. The van der Waals surface area contributed by atoms with E-state index in [1.54, 1.807) is 0 Å². The van der Waals surface area contributed by atoms with Gasteiger partial charge in [-0.2, -0.15) is 0 Å². The fourth-order valence-corrected chi connectivity index (χ4v) is 2.87. The molecule has 17 heavy (non-hydrogen) atoms. The molecule has 102 valence electrons. The first-order valence-electron chi connectivity index (χ1n) is 7.65. The lowest BCUT2D eigenvalue weighted by Crippen LogP contribution is -2.38. The topological polar surface area (TPSA) is 21.3 Å². The van der Waals surface area contributed by atoms with Gasteiger partial charge in [0.1, 0.15) is 0 Å². The van der Waals surface area contributed by atoms with Crippen LogP contribution in [-0.4, -0.2) is 25.3 Å². The van der Waals surface area contributed by atoms with Gasteiger partial charge in [0.2, 0.25) is 0 Å². The Bertz CT molecular complexity index is 178. The van der Waals surface area contributed by atoms with Crippen LogP contribution < -0.4 is 5.32 Å². The highest BCUT2D eigenvalue weighted by molar-refractivity contribution is 4.84. The van der Waals surface area contributed by atoms with Crippen molar-refractivity contribution in [3.8, 4) is 0 Å². The van der Waals surface area contributed by atoms with E-state index in [9.17, 15) is 0 Å². The van der Waals surface area contributed by atoms with E-state index in [0.717, 1.165) is 25.1 Å². The lowest BCUT2D eigenvalue weighted by Gasteiger charge is -2.37. The second-order valence-electron chi connectivity index (χ2n) is 5.40. The van der Waals surface area contributed by atoms with Crippen LogP contribution in [0.3, 0.4) is 0 Å². The monoisotopic (exact) mass is 241 g/mol. The van der Waals surface area contributed by atoms with Crippen LogP contribution in [0.2, 0.25) is 0 Å². The molecule has 1 aliphatic carbocycles. The Kier molecular flexibility index (Phi) is 7.87. The molecule has 0 aromatic heterocycles. The molecule has 0 aromatic rings. The van der Waals surface area contributed by atoms with Crippen LogP contribution in [0.15, 0.2) is 0 Å². The van der Waals surface area contributed by atoms with Gasteiger partial charge in [-0.1, -0.05) is 33.1 Å². The highest BCUT2D eigenvalue weighted by Crippen LogP contribution is 2.34. The van der Waals surface area contributed by atoms with Gasteiger partial charge >= 0.3 is 0 Å². The van der Waals surface area contributed by atoms with E-state index in [-0.39, 0.29) is 0 Å². The van der Waals surface area contributed by atoms with Crippen molar-refractivity contribution in [2.75, 3.05) is 13.2 Å². The molecule has 1 atom stereocenters. The molecule has 2 heteroatoms. The number of nitrogens with one attached hydrogen (secondary N) is 1. The van der Waals surface area contributed by atoms with Crippen LogP contribution in [0.4, 0.5) is 0 Å². The van der Waals surface area contributed by atoms with Gasteiger partial charge in [0, 0.05) is 12.6 Å². The fourth-order valence-electron chi connectivity index (χ4n) is 2.87. The first kappa shape index (κ1) is 15.0. The highest BCUT2D eigenvalue weighted by atomic mass is 16.5. The Hall–Kier alpha value is -0.0800.